The fourth-order valence-electron chi connectivity index (χ4n) is 1.72. The van der Waals surface area contributed by atoms with Crippen LogP contribution in [0.4, 0.5) is 0 Å². The molecule has 0 unspecified atom stereocenters. The first kappa shape index (κ1) is 13.7. The smallest absolute Gasteiger partial charge is 0.238 e. The number of phenols is 1. The van der Waals surface area contributed by atoms with Crippen molar-refractivity contribution in [3.8, 4) is 5.75 Å². The predicted octanol–water partition coefficient (Wildman–Crippen LogP) is 0.0969. The molecule has 0 saturated heterocycles. The van der Waals surface area contributed by atoms with E-state index in [-0.39, 0.29) is 15.7 Å². The Kier molecular flexibility index (Phi) is 3.01. The van der Waals surface area contributed by atoms with Gasteiger partial charge in [-0.2, -0.15) is 0 Å². The average molecular weight is 302 g/mol. The van der Waals surface area contributed by atoms with Crippen LogP contribution in [0.15, 0.2) is 40.1 Å². The van der Waals surface area contributed by atoms with Gasteiger partial charge in [-0.25, -0.2) is 22.0 Å². The van der Waals surface area contributed by atoms with Gasteiger partial charge in [0.1, 0.15) is 15.9 Å². The molecule has 2 aromatic rings. The number of hydrogen-bond donors (Lipinski definition) is 2. The summed E-state index contributed by atoms with van der Waals surface area (Å²) in [6.07, 6.45) is 0. The Labute approximate surface area is 109 Å². The van der Waals surface area contributed by atoms with Gasteiger partial charge in [0, 0.05) is 11.5 Å². The van der Waals surface area contributed by atoms with Gasteiger partial charge in [-0.1, -0.05) is 12.1 Å². The first-order chi connectivity index (χ1) is 8.60. The maximum atomic E-state index is 11.2. The van der Waals surface area contributed by atoms with Crippen molar-refractivity contribution < 1.29 is 26.5 Å². The van der Waals surface area contributed by atoms with E-state index in [1.807, 2.05) is 0 Å². The van der Waals surface area contributed by atoms with Crippen molar-refractivity contribution in [1.82, 2.24) is 0 Å². The van der Waals surface area contributed by atoms with E-state index < -0.39 is 30.8 Å². The van der Waals surface area contributed by atoms with E-state index >= 15 is 0 Å². The van der Waals surface area contributed by atoms with Gasteiger partial charge in [0.2, 0.25) is 10.0 Å². The molecule has 0 aliphatic rings. The molecule has 0 amide bonds. The molecule has 0 aromatic heterocycles. The molecule has 7 nitrogen and oxygen atoms in total. The van der Waals surface area contributed by atoms with Gasteiger partial charge in [-0.05, 0) is 17.5 Å². The third kappa shape index (κ3) is 2.54. The van der Waals surface area contributed by atoms with Crippen LogP contribution in [0.5, 0.6) is 5.75 Å². The molecule has 0 aliphatic carbocycles. The van der Waals surface area contributed by atoms with E-state index in [1.165, 1.54) is 12.1 Å². The van der Waals surface area contributed by atoms with Gasteiger partial charge in [-0.15, -0.1) is 0 Å². The van der Waals surface area contributed by atoms with Crippen molar-refractivity contribution in [2.24, 2.45) is 5.14 Å². The zero-order valence-electron chi connectivity index (χ0n) is 9.27. The van der Waals surface area contributed by atoms with Crippen LogP contribution in [0.1, 0.15) is 0 Å². The van der Waals surface area contributed by atoms with Gasteiger partial charge in [0.25, 0.3) is 0 Å². The van der Waals surface area contributed by atoms with Crippen LogP contribution < -0.4 is 5.14 Å². The Morgan fingerprint density at radius 1 is 1.11 bits per heavy atom. The summed E-state index contributed by atoms with van der Waals surface area (Å²) in [6, 6.07) is 5.53. The van der Waals surface area contributed by atoms with Gasteiger partial charge in [-0.3, -0.25) is 0 Å². The lowest BCUT2D eigenvalue weighted by Crippen LogP contribution is -2.12. The Hall–Kier alpha value is -1.68. The van der Waals surface area contributed by atoms with Gasteiger partial charge < -0.3 is 9.66 Å². The number of nitrogens with two attached hydrogens (primary N) is 1. The number of primary sulfonamides is 1. The third-order valence-electron chi connectivity index (χ3n) is 2.49. The molecular weight excluding hydrogens is 294 g/mol. The van der Waals surface area contributed by atoms with Crippen molar-refractivity contribution in [3.05, 3.63) is 30.3 Å². The lowest BCUT2D eigenvalue weighted by atomic mass is 10.1. The van der Waals surface area contributed by atoms with E-state index in [0.717, 1.165) is 18.2 Å². The summed E-state index contributed by atoms with van der Waals surface area (Å²) in [5.74, 6) is -0.642. The van der Waals surface area contributed by atoms with E-state index in [0.29, 0.717) is 0 Å². The molecular formula is C10H8NO6S2-. The summed E-state index contributed by atoms with van der Waals surface area (Å²) < 4.78 is 55.6. The number of hydrogen-bond acceptors (Lipinski definition) is 6. The molecule has 2 aromatic carbocycles. The van der Waals surface area contributed by atoms with Crippen LogP contribution in [0.3, 0.4) is 0 Å². The SMILES string of the molecule is NS(=O)(=O)c1cc(O)c2c(S(=O)(=O)[O-])cccc2c1. The van der Waals surface area contributed by atoms with E-state index in [2.05, 4.69) is 0 Å². The highest BCUT2D eigenvalue weighted by Gasteiger charge is 2.16. The lowest BCUT2D eigenvalue weighted by molar-refractivity contribution is 0.460. The number of phenolic OH excluding ortho intramolecular Hbond substituents is 1. The topological polar surface area (TPSA) is 138 Å². The summed E-state index contributed by atoms with van der Waals surface area (Å²) in [7, 11) is -8.84. The summed E-state index contributed by atoms with van der Waals surface area (Å²) in [5, 5.41) is 14.5. The Bertz CT molecular complexity index is 870. The maximum Gasteiger partial charge on any atom is 0.238 e. The molecule has 0 atom stereocenters. The first-order valence-corrected chi connectivity index (χ1v) is 7.80. The summed E-state index contributed by atoms with van der Waals surface area (Å²) >= 11 is 0. The monoisotopic (exact) mass is 302 g/mol. The highest BCUT2D eigenvalue weighted by molar-refractivity contribution is 7.89. The number of fused-ring (bicyclic) bond motifs is 1. The molecule has 0 fully saturated rings. The van der Waals surface area contributed by atoms with Crippen LogP contribution in [0.2, 0.25) is 0 Å². The molecule has 9 heteroatoms. The lowest BCUT2D eigenvalue weighted by Gasteiger charge is -2.12. The van der Waals surface area contributed by atoms with Crippen LogP contribution in [0, 0.1) is 0 Å². The Morgan fingerprint density at radius 3 is 2.26 bits per heavy atom. The molecule has 2 rings (SSSR count). The zero-order chi connectivity index (χ0) is 14.4. The highest BCUT2D eigenvalue weighted by atomic mass is 32.2. The molecule has 0 saturated carbocycles. The fourth-order valence-corrected chi connectivity index (χ4v) is 3.00. The predicted molar refractivity (Wildman–Crippen MR) is 64.9 cm³/mol. The number of aromatic hydroxyl groups is 1. The van der Waals surface area contributed by atoms with Crippen molar-refractivity contribution in [2.45, 2.75) is 9.79 Å². The fraction of sp³-hybridized carbons (Fsp3) is 0. The first-order valence-electron chi connectivity index (χ1n) is 4.85. The van der Waals surface area contributed by atoms with Crippen molar-refractivity contribution in [3.63, 3.8) is 0 Å². The third-order valence-corrected chi connectivity index (χ3v) is 4.26. The van der Waals surface area contributed by atoms with Gasteiger partial charge in [0.15, 0.2) is 0 Å². The van der Waals surface area contributed by atoms with Gasteiger partial charge >= 0.3 is 0 Å². The van der Waals surface area contributed by atoms with Crippen molar-refractivity contribution in [2.75, 3.05) is 0 Å². The molecule has 0 radical (unpaired) electrons. The van der Waals surface area contributed by atoms with Crippen LogP contribution in [-0.2, 0) is 20.1 Å². The zero-order valence-corrected chi connectivity index (χ0v) is 10.9. The minimum atomic E-state index is -4.79. The molecule has 0 heterocycles. The van der Waals surface area contributed by atoms with Crippen LogP contribution >= 0.6 is 0 Å². The summed E-state index contributed by atoms with van der Waals surface area (Å²) in [6.45, 7) is 0. The average Bonchev–Trinajstić information content (AvgIpc) is 2.25. The summed E-state index contributed by atoms with van der Waals surface area (Å²) in [4.78, 5) is -0.999. The second-order valence-corrected chi connectivity index (χ2v) is 6.71. The van der Waals surface area contributed by atoms with Crippen molar-refractivity contribution >= 4 is 30.9 Å². The largest absolute Gasteiger partial charge is 0.744 e. The molecule has 0 aliphatic heterocycles. The quantitative estimate of drug-likeness (QED) is 0.754. The van der Waals surface area contributed by atoms with Crippen molar-refractivity contribution in [1.29, 1.82) is 0 Å². The van der Waals surface area contributed by atoms with E-state index in [9.17, 15) is 26.5 Å². The standard InChI is InChI=1S/C10H9NO6S2/c11-18(13,14)7-4-6-2-1-3-9(19(15,16)17)10(6)8(12)5-7/h1-5,12H,(H2,11,13,14)(H,15,16,17)/p-1. The molecule has 19 heavy (non-hydrogen) atoms. The number of sulfonamides is 1. The Morgan fingerprint density at radius 2 is 1.74 bits per heavy atom. The maximum absolute atomic E-state index is 11.2. The minimum absolute atomic E-state index is 0.0842. The van der Waals surface area contributed by atoms with Crippen LogP contribution in [-0.4, -0.2) is 26.5 Å². The Balaban J connectivity index is 2.96. The molecule has 0 spiro atoms. The summed E-state index contributed by atoms with van der Waals surface area (Å²) in [5.41, 5.74) is 0. The number of benzene rings is 2. The van der Waals surface area contributed by atoms with E-state index in [4.69, 9.17) is 5.14 Å². The number of rotatable bonds is 2. The van der Waals surface area contributed by atoms with Gasteiger partial charge in [0.05, 0.1) is 9.79 Å². The second kappa shape index (κ2) is 4.17. The molecule has 0 bridgehead atoms. The minimum Gasteiger partial charge on any atom is -0.744 e. The second-order valence-electron chi connectivity index (χ2n) is 3.80. The van der Waals surface area contributed by atoms with Crippen LogP contribution in [0.25, 0.3) is 10.8 Å². The highest BCUT2D eigenvalue weighted by Crippen LogP contribution is 2.33. The van der Waals surface area contributed by atoms with E-state index in [1.54, 1.807) is 0 Å². The molecule has 3 N–H and O–H groups in total. The molecule has 102 valence electrons. The normalized spacial score (nSPS) is 12.7.